The van der Waals surface area contributed by atoms with E-state index in [1.54, 1.807) is 0 Å². The minimum atomic E-state index is -1.83. The molecule has 0 heterocycles. The van der Waals surface area contributed by atoms with Crippen molar-refractivity contribution in [3.05, 3.63) is 0 Å². The zero-order valence-corrected chi connectivity index (χ0v) is 15.5. The number of carboxylic acid groups (broad SMARTS) is 4. The number of carbonyl (C=O) groups is 2. The second-order valence-corrected chi connectivity index (χ2v) is 5.81. The predicted octanol–water partition coefficient (Wildman–Crippen LogP) is 6.93. The van der Waals surface area contributed by atoms with Gasteiger partial charge in [-0.3, -0.25) is 0 Å². The second-order valence-electron chi connectivity index (χ2n) is 5.81. The number of rotatable bonds is 13. The van der Waals surface area contributed by atoms with Crippen LogP contribution >= 0.6 is 0 Å². The van der Waals surface area contributed by atoms with Gasteiger partial charge in [0.2, 0.25) is 0 Å². The molecule has 6 heteroatoms. The van der Waals surface area contributed by atoms with Crippen molar-refractivity contribution >= 4 is 12.3 Å². The van der Waals surface area contributed by atoms with Crippen LogP contribution in [0.4, 0.5) is 9.59 Å². The molecule has 24 heavy (non-hydrogen) atoms. The Morgan fingerprint density at radius 3 is 0.708 bits per heavy atom. The molecule has 0 unspecified atom stereocenters. The maximum Gasteiger partial charge on any atom is 0.503 e. The summed E-state index contributed by atoms with van der Waals surface area (Å²) in [5.41, 5.74) is 0. The molecule has 146 valence electrons. The zero-order chi connectivity index (χ0) is 19.1. The van der Waals surface area contributed by atoms with E-state index >= 15 is 0 Å². The lowest BCUT2D eigenvalue weighted by Gasteiger charge is -2.02. The van der Waals surface area contributed by atoms with Crippen LogP contribution in [0.1, 0.15) is 104 Å². The summed E-state index contributed by atoms with van der Waals surface area (Å²) in [5, 5.41) is 27.9. The van der Waals surface area contributed by atoms with Gasteiger partial charge in [-0.1, -0.05) is 104 Å². The molecule has 4 N–H and O–H groups in total. The van der Waals surface area contributed by atoms with Crippen LogP contribution in [0.3, 0.4) is 0 Å². The Morgan fingerprint density at radius 2 is 0.583 bits per heavy atom. The molecule has 0 bridgehead atoms. The fraction of sp³-hybridized carbons (Fsp3) is 0.889. The molecule has 0 rings (SSSR count). The standard InChI is InChI=1S/C16H34.2CH2O3/c1-3-5-7-9-11-13-15-16-14-12-10-8-6-4-2;2*2-1(3)4/h3-16H2,1-2H3;2*(H2,2,3,4). The number of hydrogen-bond acceptors (Lipinski definition) is 2. The summed E-state index contributed by atoms with van der Waals surface area (Å²) in [6.45, 7) is 4.58. The summed E-state index contributed by atoms with van der Waals surface area (Å²) in [6.07, 6.45) is 16.8. The quantitative estimate of drug-likeness (QED) is 0.268. The number of unbranched alkanes of at least 4 members (excludes halogenated alkanes) is 13. The van der Waals surface area contributed by atoms with Crippen LogP contribution in [0.15, 0.2) is 0 Å². The van der Waals surface area contributed by atoms with Gasteiger partial charge in [-0.05, 0) is 0 Å². The third kappa shape index (κ3) is 58.9. The van der Waals surface area contributed by atoms with E-state index in [0.717, 1.165) is 0 Å². The second kappa shape index (κ2) is 26.4. The Morgan fingerprint density at radius 1 is 0.458 bits per heavy atom. The Bertz CT molecular complexity index is 222. The van der Waals surface area contributed by atoms with Gasteiger partial charge < -0.3 is 20.4 Å². The van der Waals surface area contributed by atoms with Crippen LogP contribution in [0, 0.1) is 0 Å². The summed E-state index contributed by atoms with van der Waals surface area (Å²) < 4.78 is 0. The number of hydrogen-bond donors (Lipinski definition) is 4. The highest BCUT2D eigenvalue weighted by atomic mass is 16.6. The molecule has 0 aliphatic heterocycles. The van der Waals surface area contributed by atoms with E-state index in [9.17, 15) is 0 Å². The summed E-state index contributed by atoms with van der Waals surface area (Å²) >= 11 is 0. The minimum Gasteiger partial charge on any atom is -0.450 e. The monoisotopic (exact) mass is 350 g/mol. The fourth-order valence-electron chi connectivity index (χ4n) is 2.27. The highest BCUT2D eigenvalue weighted by Crippen LogP contribution is 2.12. The van der Waals surface area contributed by atoms with E-state index in [0.29, 0.717) is 0 Å². The van der Waals surface area contributed by atoms with Gasteiger partial charge in [-0.25, -0.2) is 9.59 Å². The lowest BCUT2D eigenvalue weighted by atomic mass is 10.0. The third-order valence-corrected chi connectivity index (χ3v) is 3.46. The lowest BCUT2D eigenvalue weighted by Crippen LogP contribution is -1.82. The van der Waals surface area contributed by atoms with Crippen LogP contribution in [0.25, 0.3) is 0 Å². The van der Waals surface area contributed by atoms with Gasteiger partial charge in [0.25, 0.3) is 0 Å². The van der Waals surface area contributed by atoms with E-state index < -0.39 is 12.3 Å². The van der Waals surface area contributed by atoms with Crippen molar-refractivity contribution in [2.45, 2.75) is 104 Å². The maximum absolute atomic E-state index is 8.56. The predicted molar refractivity (Wildman–Crippen MR) is 97.3 cm³/mol. The van der Waals surface area contributed by atoms with Crippen LogP contribution in [-0.4, -0.2) is 32.7 Å². The smallest absolute Gasteiger partial charge is 0.450 e. The van der Waals surface area contributed by atoms with Crippen LogP contribution in [0.5, 0.6) is 0 Å². The van der Waals surface area contributed by atoms with E-state index in [2.05, 4.69) is 13.8 Å². The van der Waals surface area contributed by atoms with E-state index in [4.69, 9.17) is 30.0 Å². The normalized spacial score (nSPS) is 9.25. The minimum absolute atomic E-state index is 1.37. The molecule has 0 saturated carbocycles. The van der Waals surface area contributed by atoms with Crippen LogP contribution < -0.4 is 0 Å². The van der Waals surface area contributed by atoms with Gasteiger partial charge in [0.15, 0.2) is 0 Å². The Balaban J connectivity index is -0.000000457. The summed E-state index contributed by atoms with van der Waals surface area (Å²) in [6, 6.07) is 0. The van der Waals surface area contributed by atoms with Crippen molar-refractivity contribution in [2.75, 3.05) is 0 Å². The van der Waals surface area contributed by atoms with Gasteiger partial charge in [0.05, 0.1) is 0 Å². The molecule has 0 aromatic carbocycles. The van der Waals surface area contributed by atoms with Crippen LogP contribution in [0.2, 0.25) is 0 Å². The van der Waals surface area contributed by atoms with Gasteiger partial charge in [-0.2, -0.15) is 0 Å². The maximum atomic E-state index is 8.56. The average Bonchev–Trinajstić information content (AvgIpc) is 2.47. The van der Waals surface area contributed by atoms with Crippen molar-refractivity contribution in [2.24, 2.45) is 0 Å². The highest BCUT2D eigenvalue weighted by Gasteiger charge is 1.92. The third-order valence-electron chi connectivity index (χ3n) is 3.46. The summed E-state index contributed by atoms with van der Waals surface area (Å²) in [5.74, 6) is 0. The SMILES string of the molecule is CCCCCCCCCCCCCCCC.O=C(O)O.O=C(O)O. The molecule has 0 atom stereocenters. The topological polar surface area (TPSA) is 115 Å². The highest BCUT2D eigenvalue weighted by molar-refractivity contribution is 5.53. The summed E-state index contributed by atoms with van der Waals surface area (Å²) in [7, 11) is 0. The molecule has 0 saturated heterocycles. The van der Waals surface area contributed by atoms with Gasteiger partial charge in [-0.15, -0.1) is 0 Å². The van der Waals surface area contributed by atoms with Crippen molar-refractivity contribution in [3.8, 4) is 0 Å². The molecule has 0 amide bonds. The molecule has 0 radical (unpaired) electrons. The van der Waals surface area contributed by atoms with Crippen molar-refractivity contribution in [1.29, 1.82) is 0 Å². The largest absolute Gasteiger partial charge is 0.503 e. The summed E-state index contributed by atoms with van der Waals surface area (Å²) in [4.78, 5) is 17.1. The molecule has 0 aromatic heterocycles. The van der Waals surface area contributed by atoms with E-state index in [-0.39, 0.29) is 0 Å². The first-order valence-corrected chi connectivity index (χ1v) is 9.22. The van der Waals surface area contributed by atoms with E-state index in [1.807, 2.05) is 0 Å². The van der Waals surface area contributed by atoms with Crippen LogP contribution in [-0.2, 0) is 0 Å². The molecular formula is C18H38O6. The molecule has 0 aromatic rings. The van der Waals surface area contributed by atoms with Gasteiger partial charge in [0, 0.05) is 0 Å². The Labute approximate surface area is 146 Å². The Kier molecular flexibility index (Phi) is 30.2. The first-order valence-electron chi connectivity index (χ1n) is 9.22. The molecule has 0 fully saturated rings. The Hall–Kier alpha value is -1.46. The first kappa shape index (κ1) is 27.4. The van der Waals surface area contributed by atoms with Crippen molar-refractivity contribution < 1.29 is 30.0 Å². The zero-order valence-electron chi connectivity index (χ0n) is 15.5. The molecule has 0 aliphatic rings. The van der Waals surface area contributed by atoms with E-state index in [1.165, 1.54) is 89.9 Å². The van der Waals surface area contributed by atoms with Crippen molar-refractivity contribution in [1.82, 2.24) is 0 Å². The fourth-order valence-corrected chi connectivity index (χ4v) is 2.27. The van der Waals surface area contributed by atoms with Crippen molar-refractivity contribution in [3.63, 3.8) is 0 Å². The molecule has 0 aliphatic carbocycles. The van der Waals surface area contributed by atoms with Gasteiger partial charge in [0.1, 0.15) is 0 Å². The first-order chi connectivity index (χ1) is 11.4. The molecule has 6 nitrogen and oxygen atoms in total. The average molecular weight is 350 g/mol. The van der Waals surface area contributed by atoms with Gasteiger partial charge >= 0.3 is 12.3 Å². The molecule has 0 spiro atoms. The lowest BCUT2D eigenvalue weighted by molar-refractivity contribution is 0.135. The molecular weight excluding hydrogens is 312 g/mol.